The van der Waals surface area contributed by atoms with Crippen molar-refractivity contribution in [3.63, 3.8) is 0 Å². The number of H-pyrrole nitrogens is 1. The topological polar surface area (TPSA) is 129 Å². The molecule has 5 N–H and O–H groups in total. The van der Waals surface area contributed by atoms with Gasteiger partial charge in [-0.15, -0.1) is 0 Å². The Morgan fingerprint density at radius 1 is 1.30 bits per heavy atom. The first-order valence-electron chi connectivity index (χ1n) is 5.50. The van der Waals surface area contributed by atoms with E-state index in [4.69, 9.17) is 10.8 Å². The standard InChI is InChI=1S/C12H11N3O4S/c13-10-4-11(19)15-12(14-10)20-5-9(18)6-1-2-7(16)8(17)3-6/h1-4,16-17H,5H2,(H3,13,14,15,19). The van der Waals surface area contributed by atoms with E-state index < -0.39 is 5.56 Å². The number of anilines is 1. The van der Waals surface area contributed by atoms with E-state index in [2.05, 4.69) is 9.97 Å². The predicted octanol–water partition coefficient (Wildman–Crippen LogP) is 0.738. The van der Waals surface area contributed by atoms with Gasteiger partial charge in [-0.1, -0.05) is 11.8 Å². The number of nitrogens with two attached hydrogens (primary N) is 1. The first-order chi connectivity index (χ1) is 9.45. The van der Waals surface area contributed by atoms with Crippen molar-refractivity contribution in [2.24, 2.45) is 0 Å². The van der Waals surface area contributed by atoms with Gasteiger partial charge in [-0.3, -0.25) is 9.59 Å². The molecule has 0 fully saturated rings. The Hall–Kier alpha value is -2.48. The fourth-order valence-electron chi connectivity index (χ4n) is 1.44. The summed E-state index contributed by atoms with van der Waals surface area (Å²) in [6.07, 6.45) is 0. The van der Waals surface area contributed by atoms with Crippen LogP contribution in [0, 0.1) is 0 Å². The van der Waals surface area contributed by atoms with Crippen LogP contribution >= 0.6 is 11.8 Å². The van der Waals surface area contributed by atoms with Gasteiger partial charge in [0.1, 0.15) is 5.82 Å². The van der Waals surface area contributed by atoms with Gasteiger partial charge in [0.15, 0.2) is 22.4 Å². The molecule has 1 heterocycles. The zero-order chi connectivity index (χ0) is 14.7. The van der Waals surface area contributed by atoms with Crippen LogP contribution in [0.3, 0.4) is 0 Å². The number of aromatic nitrogens is 2. The summed E-state index contributed by atoms with van der Waals surface area (Å²) in [5.74, 6) is -0.856. The number of benzene rings is 1. The second-order valence-corrected chi connectivity index (χ2v) is 4.85. The van der Waals surface area contributed by atoms with Crippen LogP contribution in [-0.4, -0.2) is 31.7 Å². The summed E-state index contributed by atoms with van der Waals surface area (Å²) in [5.41, 5.74) is 5.28. The summed E-state index contributed by atoms with van der Waals surface area (Å²) in [6.45, 7) is 0. The molecule has 2 aromatic rings. The van der Waals surface area contributed by atoms with E-state index in [1.165, 1.54) is 18.2 Å². The third-order valence-electron chi connectivity index (χ3n) is 2.38. The molecule has 0 radical (unpaired) electrons. The Labute approximate surface area is 117 Å². The molecule has 2 rings (SSSR count). The van der Waals surface area contributed by atoms with Gasteiger partial charge in [-0.05, 0) is 18.2 Å². The molecule has 0 unspecified atom stereocenters. The zero-order valence-corrected chi connectivity index (χ0v) is 11.0. The summed E-state index contributed by atoms with van der Waals surface area (Å²) in [4.78, 5) is 29.4. The molecule has 0 aliphatic rings. The Balaban J connectivity index is 2.08. The number of carbonyl (C=O) groups excluding carboxylic acids is 1. The fourth-order valence-corrected chi connectivity index (χ4v) is 2.21. The van der Waals surface area contributed by atoms with Gasteiger partial charge in [-0.25, -0.2) is 4.98 Å². The minimum absolute atomic E-state index is 0.0105. The molecule has 0 spiro atoms. The monoisotopic (exact) mass is 293 g/mol. The van der Waals surface area contributed by atoms with Crippen LogP contribution in [-0.2, 0) is 0 Å². The Bertz CT molecular complexity index is 714. The summed E-state index contributed by atoms with van der Waals surface area (Å²) in [7, 11) is 0. The third-order valence-corrected chi connectivity index (χ3v) is 3.25. The van der Waals surface area contributed by atoms with Crippen LogP contribution in [0.2, 0.25) is 0 Å². The lowest BCUT2D eigenvalue weighted by molar-refractivity contribution is 0.102. The smallest absolute Gasteiger partial charge is 0.253 e. The lowest BCUT2D eigenvalue weighted by Gasteiger charge is -2.03. The predicted molar refractivity (Wildman–Crippen MR) is 74.1 cm³/mol. The van der Waals surface area contributed by atoms with Crippen molar-refractivity contribution in [2.75, 3.05) is 11.5 Å². The molecule has 0 saturated carbocycles. The molecule has 0 saturated heterocycles. The Morgan fingerprint density at radius 2 is 2.05 bits per heavy atom. The Kier molecular flexibility index (Phi) is 3.94. The molecule has 104 valence electrons. The van der Waals surface area contributed by atoms with E-state index in [0.29, 0.717) is 0 Å². The van der Waals surface area contributed by atoms with E-state index in [-0.39, 0.29) is 39.6 Å². The highest BCUT2D eigenvalue weighted by atomic mass is 32.2. The largest absolute Gasteiger partial charge is 0.504 e. The quantitative estimate of drug-likeness (QED) is 0.283. The highest BCUT2D eigenvalue weighted by Crippen LogP contribution is 2.25. The Morgan fingerprint density at radius 3 is 2.70 bits per heavy atom. The van der Waals surface area contributed by atoms with E-state index in [1.54, 1.807) is 0 Å². The third kappa shape index (κ3) is 3.29. The SMILES string of the molecule is Nc1cc(=O)[nH]c(SCC(=O)c2ccc(O)c(O)c2)n1. The van der Waals surface area contributed by atoms with Gasteiger partial charge in [0.25, 0.3) is 5.56 Å². The summed E-state index contributed by atoms with van der Waals surface area (Å²) in [6, 6.07) is 4.94. The molecule has 7 nitrogen and oxygen atoms in total. The molecule has 0 aliphatic carbocycles. The summed E-state index contributed by atoms with van der Waals surface area (Å²) < 4.78 is 0. The summed E-state index contributed by atoms with van der Waals surface area (Å²) >= 11 is 1.02. The van der Waals surface area contributed by atoms with Crippen LogP contribution in [0.25, 0.3) is 0 Å². The number of thioether (sulfide) groups is 1. The number of Topliss-reactive ketones (excluding diaryl/α,β-unsaturated/α-hetero) is 1. The maximum Gasteiger partial charge on any atom is 0.253 e. The average Bonchev–Trinajstić information content (AvgIpc) is 2.38. The maximum absolute atomic E-state index is 11.9. The number of phenolic OH excluding ortho intramolecular Hbond substituents is 2. The second-order valence-electron chi connectivity index (χ2n) is 3.89. The fraction of sp³-hybridized carbons (Fsp3) is 0.0833. The number of carbonyl (C=O) groups is 1. The van der Waals surface area contributed by atoms with Gasteiger partial charge >= 0.3 is 0 Å². The molecular formula is C12H11N3O4S. The van der Waals surface area contributed by atoms with Crippen LogP contribution in [0.1, 0.15) is 10.4 Å². The van der Waals surface area contributed by atoms with E-state index in [9.17, 15) is 14.7 Å². The second kappa shape index (κ2) is 5.66. The number of nitrogen functional groups attached to an aromatic ring is 1. The van der Waals surface area contributed by atoms with Crippen molar-refractivity contribution in [3.8, 4) is 11.5 Å². The molecular weight excluding hydrogens is 282 g/mol. The van der Waals surface area contributed by atoms with Crippen LogP contribution in [0.4, 0.5) is 5.82 Å². The molecule has 20 heavy (non-hydrogen) atoms. The van der Waals surface area contributed by atoms with E-state index in [1.807, 2.05) is 0 Å². The maximum atomic E-state index is 11.9. The van der Waals surface area contributed by atoms with E-state index in [0.717, 1.165) is 17.8 Å². The summed E-state index contributed by atoms with van der Waals surface area (Å²) in [5, 5.41) is 18.7. The minimum atomic E-state index is -0.394. The van der Waals surface area contributed by atoms with Crippen LogP contribution < -0.4 is 11.3 Å². The first-order valence-corrected chi connectivity index (χ1v) is 6.49. The van der Waals surface area contributed by atoms with E-state index >= 15 is 0 Å². The lowest BCUT2D eigenvalue weighted by atomic mass is 10.1. The normalized spacial score (nSPS) is 10.4. The molecule has 0 atom stereocenters. The van der Waals surface area contributed by atoms with Gasteiger partial charge in [-0.2, -0.15) is 0 Å². The van der Waals surface area contributed by atoms with Crippen molar-refractivity contribution in [1.29, 1.82) is 0 Å². The minimum Gasteiger partial charge on any atom is -0.504 e. The van der Waals surface area contributed by atoms with Gasteiger partial charge in [0.2, 0.25) is 0 Å². The number of hydrogen-bond donors (Lipinski definition) is 4. The van der Waals surface area contributed by atoms with Gasteiger partial charge < -0.3 is 20.9 Å². The highest BCUT2D eigenvalue weighted by molar-refractivity contribution is 7.99. The molecule has 8 heteroatoms. The van der Waals surface area contributed by atoms with Crippen molar-refractivity contribution >= 4 is 23.4 Å². The number of ketones is 1. The molecule has 0 bridgehead atoms. The molecule has 1 aromatic carbocycles. The average molecular weight is 293 g/mol. The number of aromatic hydroxyl groups is 2. The number of nitrogens with zero attached hydrogens (tertiary/aromatic N) is 1. The number of hydrogen-bond acceptors (Lipinski definition) is 7. The zero-order valence-electron chi connectivity index (χ0n) is 10.2. The van der Waals surface area contributed by atoms with Crippen molar-refractivity contribution in [3.05, 3.63) is 40.2 Å². The number of phenols is 2. The van der Waals surface area contributed by atoms with Crippen molar-refractivity contribution in [1.82, 2.24) is 9.97 Å². The number of rotatable bonds is 4. The van der Waals surface area contributed by atoms with Crippen LogP contribution in [0.15, 0.2) is 34.2 Å². The lowest BCUT2D eigenvalue weighted by Crippen LogP contribution is -2.10. The number of nitrogens with one attached hydrogen (secondary N) is 1. The van der Waals surface area contributed by atoms with Crippen molar-refractivity contribution < 1.29 is 15.0 Å². The van der Waals surface area contributed by atoms with Gasteiger partial charge in [0, 0.05) is 11.6 Å². The number of aromatic amines is 1. The van der Waals surface area contributed by atoms with Gasteiger partial charge in [0.05, 0.1) is 5.75 Å². The molecule has 1 aromatic heterocycles. The highest BCUT2D eigenvalue weighted by Gasteiger charge is 2.10. The first kappa shape index (κ1) is 13.9. The van der Waals surface area contributed by atoms with Crippen molar-refractivity contribution in [2.45, 2.75) is 5.16 Å². The van der Waals surface area contributed by atoms with Crippen LogP contribution in [0.5, 0.6) is 11.5 Å². The molecule has 0 amide bonds. The molecule has 0 aliphatic heterocycles.